The highest BCUT2D eigenvalue weighted by Gasteiger charge is 2.34. The normalized spacial score (nSPS) is 11.2. The third kappa shape index (κ3) is 4.93. The standard InChI is InChI=1S/C20H22F3NO3/c1-5-14-9-13(3)18(10-12(14)2)27-11-15-16(20(21,22)23)7-6-8-17(15)24-19(25)26-4/h6-10H,5,11H2,1-4H3,(H,24,25). The summed E-state index contributed by atoms with van der Waals surface area (Å²) < 4.78 is 50.4. The molecule has 0 aromatic heterocycles. The lowest BCUT2D eigenvalue weighted by atomic mass is 10.0. The Bertz CT molecular complexity index is 832. The summed E-state index contributed by atoms with van der Waals surface area (Å²) in [7, 11) is 1.14. The molecule has 0 radical (unpaired) electrons. The second kappa shape index (κ2) is 8.33. The number of alkyl halides is 3. The summed E-state index contributed by atoms with van der Waals surface area (Å²) in [4.78, 5) is 11.5. The zero-order chi connectivity index (χ0) is 20.2. The first-order valence-electron chi connectivity index (χ1n) is 8.44. The van der Waals surface area contributed by atoms with Gasteiger partial charge in [-0.15, -0.1) is 0 Å². The molecule has 2 aromatic rings. The first-order chi connectivity index (χ1) is 12.7. The Balaban J connectivity index is 2.39. The number of benzene rings is 2. The second-order valence-corrected chi connectivity index (χ2v) is 6.13. The molecule has 0 aliphatic rings. The Morgan fingerprint density at radius 2 is 1.85 bits per heavy atom. The molecule has 0 spiro atoms. The van der Waals surface area contributed by atoms with Gasteiger partial charge in [0.1, 0.15) is 12.4 Å². The van der Waals surface area contributed by atoms with Crippen LogP contribution >= 0.6 is 0 Å². The minimum absolute atomic E-state index is 0.00349. The number of hydrogen-bond donors (Lipinski definition) is 1. The van der Waals surface area contributed by atoms with E-state index in [1.165, 1.54) is 12.1 Å². The smallest absolute Gasteiger partial charge is 0.416 e. The van der Waals surface area contributed by atoms with Crippen molar-refractivity contribution in [1.29, 1.82) is 0 Å². The molecule has 0 atom stereocenters. The van der Waals surface area contributed by atoms with Gasteiger partial charge in [-0.2, -0.15) is 13.2 Å². The van der Waals surface area contributed by atoms with E-state index in [0.717, 1.165) is 36.3 Å². The molecule has 4 nitrogen and oxygen atoms in total. The number of carbonyl (C=O) groups excluding carboxylic acids is 1. The number of carbonyl (C=O) groups is 1. The molecule has 146 valence electrons. The van der Waals surface area contributed by atoms with E-state index < -0.39 is 17.8 Å². The van der Waals surface area contributed by atoms with Gasteiger partial charge >= 0.3 is 12.3 Å². The van der Waals surface area contributed by atoms with Crippen molar-refractivity contribution >= 4 is 11.8 Å². The first kappa shape index (κ1) is 20.6. The molecule has 1 amide bonds. The van der Waals surface area contributed by atoms with Gasteiger partial charge in [-0.3, -0.25) is 5.32 Å². The third-order valence-corrected chi connectivity index (χ3v) is 4.29. The van der Waals surface area contributed by atoms with Crippen LogP contribution in [0.3, 0.4) is 0 Å². The van der Waals surface area contributed by atoms with Crippen LogP contribution in [0.2, 0.25) is 0 Å². The third-order valence-electron chi connectivity index (χ3n) is 4.29. The topological polar surface area (TPSA) is 47.6 Å². The Morgan fingerprint density at radius 1 is 1.15 bits per heavy atom. The quantitative estimate of drug-likeness (QED) is 0.729. The van der Waals surface area contributed by atoms with E-state index in [4.69, 9.17) is 4.74 Å². The van der Waals surface area contributed by atoms with Gasteiger partial charge in [0.05, 0.1) is 18.4 Å². The molecule has 0 heterocycles. The Morgan fingerprint density at radius 3 is 2.44 bits per heavy atom. The zero-order valence-electron chi connectivity index (χ0n) is 15.7. The van der Waals surface area contributed by atoms with Crippen LogP contribution < -0.4 is 10.1 Å². The number of amides is 1. The molecule has 1 N–H and O–H groups in total. The maximum absolute atomic E-state index is 13.4. The maximum atomic E-state index is 13.4. The fourth-order valence-corrected chi connectivity index (χ4v) is 2.82. The van der Waals surface area contributed by atoms with Crippen molar-refractivity contribution in [3.8, 4) is 5.75 Å². The van der Waals surface area contributed by atoms with Crippen LogP contribution in [0.25, 0.3) is 0 Å². The van der Waals surface area contributed by atoms with Crippen molar-refractivity contribution in [2.45, 2.75) is 40.0 Å². The maximum Gasteiger partial charge on any atom is 0.416 e. The van der Waals surface area contributed by atoms with E-state index in [1.807, 2.05) is 32.9 Å². The largest absolute Gasteiger partial charge is 0.489 e. The van der Waals surface area contributed by atoms with Crippen molar-refractivity contribution in [2.75, 3.05) is 12.4 Å². The lowest BCUT2D eigenvalue weighted by Gasteiger charge is -2.19. The van der Waals surface area contributed by atoms with Gasteiger partial charge in [0.15, 0.2) is 0 Å². The predicted octanol–water partition coefficient (Wildman–Crippen LogP) is 5.64. The molecule has 27 heavy (non-hydrogen) atoms. The lowest BCUT2D eigenvalue weighted by molar-refractivity contribution is -0.138. The summed E-state index contributed by atoms with van der Waals surface area (Å²) in [6, 6.07) is 7.34. The van der Waals surface area contributed by atoms with Gasteiger partial charge in [0.2, 0.25) is 0 Å². The van der Waals surface area contributed by atoms with Crippen molar-refractivity contribution in [3.63, 3.8) is 0 Å². The first-order valence-corrected chi connectivity index (χ1v) is 8.44. The van der Waals surface area contributed by atoms with Crippen LogP contribution in [-0.2, 0) is 23.9 Å². The van der Waals surface area contributed by atoms with Crippen molar-refractivity contribution in [3.05, 3.63) is 58.1 Å². The van der Waals surface area contributed by atoms with Gasteiger partial charge < -0.3 is 9.47 Å². The van der Waals surface area contributed by atoms with Gasteiger partial charge in [0.25, 0.3) is 0 Å². The van der Waals surface area contributed by atoms with Crippen LogP contribution in [0, 0.1) is 13.8 Å². The Labute approximate surface area is 156 Å². The molecule has 7 heteroatoms. The van der Waals surface area contributed by atoms with E-state index in [1.54, 1.807) is 0 Å². The molecule has 0 saturated carbocycles. The summed E-state index contributed by atoms with van der Waals surface area (Å²) in [6.45, 7) is 5.46. The summed E-state index contributed by atoms with van der Waals surface area (Å²) in [5, 5.41) is 2.31. The average Bonchev–Trinajstić information content (AvgIpc) is 2.61. The van der Waals surface area contributed by atoms with Crippen LogP contribution in [0.4, 0.5) is 23.7 Å². The summed E-state index contributed by atoms with van der Waals surface area (Å²) in [6.07, 6.45) is -4.57. The van der Waals surface area contributed by atoms with E-state index >= 15 is 0 Å². The molecule has 0 fully saturated rings. The molecule has 0 saturated heterocycles. The number of ether oxygens (including phenoxy) is 2. The summed E-state index contributed by atoms with van der Waals surface area (Å²) >= 11 is 0. The Hall–Kier alpha value is -2.70. The SMILES string of the molecule is CCc1cc(C)c(OCc2c(NC(=O)OC)cccc2C(F)(F)F)cc1C. The van der Waals surface area contributed by atoms with Gasteiger partial charge in [-0.05, 0) is 55.2 Å². The fraction of sp³-hybridized carbons (Fsp3) is 0.350. The molecular formula is C20H22F3NO3. The fourth-order valence-electron chi connectivity index (χ4n) is 2.82. The predicted molar refractivity (Wildman–Crippen MR) is 97.1 cm³/mol. The van der Waals surface area contributed by atoms with E-state index in [-0.39, 0.29) is 17.9 Å². The number of rotatable bonds is 5. The number of aryl methyl sites for hydroxylation is 3. The monoisotopic (exact) mass is 381 g/mol. The molecule has 0 bridgehead atoms. The highest BCUT2D eigenvalue weighted by Crippen LogP contribution is 2.36. The zero-order valence-corrected chi connectivity index (χ0v) is 15.7. The summed E-state index contributed by atoms with van der Waals surface area (Å²) in [5.41, 5.74) is 1.97. The molecule has 2 rings (SSSR count). The van der Waals surface area contributed by atoms with Gasteiger partial charge in [-0.25, -0.2) is 4.79 Å². The number of methoxy groups -OCH3 is 1. The molecule has 2 aromatic carbocycles. The van der Waals surface area contributed by atoms with Crippen LogP contribution in [0.1, 0.15) is 34.7 Å². The van der Waals surface area contributed by atoms with Crippen LogP contribution in [0.5, 0.6) is 5.75 Å². The van der Waals surface area contributed by atoms with Crippen LogP contribution in [0.15, 0.2) is 30.3 Å². The number of nitrogens with one attached hydrogen (secondary N) is 1. The van der Waals surface area contributed by atoms with Crippen molar-refractivity contribution in [2.24, 2.45) is 0 Å². The van der Waals surface area contributed by atoms with E-state index in [2.05, 4.69) is 10.1 Å². The van der Waals surface area contributed by atoms with Crippen molar-refractivity contribution < 1.29 is 27.4 Å². The van der Waals surface area contributed by atoms with E-state index in [9.17, 15) is 18.0 Å². The molecular weight excluding hydrogens is 359 g/mol. The van der Waals surface area contributed by atoms with Gasteiger partial charge in [-0.1, -0.05) is 19.1 Å². The number of hydrogen-bond acceptors (Lipinski definition) is 3. The van der Waals surface area contributed by atoms with Gasteiger partial charge in [0, 0.05) is 5.56 Å². The number of anilines is 1. The minimum Gasteiger partial charge on any atom is -0.489 e. The lowest BCUT2D eigenvalue weighted by Crippen LogP contribution is -2.17. The molecule has 0 unspecified atom stereocenters. The average molecular weight is 381 g/mol. The highest BCUT2D eigenvalue weighted by atomic mass is 19.4. The van der Waals surface area contributed by atoms with E-state index in [0.29, 0.717) is 5.75 Å². The molecule has 0 aliphatic heterocycles. The second-order valence-electron chi connectivity index (χ2n) is 6.13. The summed E-state index contributed by atoms with van der Waals surface area (Å²) in [5.74, 6) is 0.505. The van der Waals surface area contributed by atoms with Crippen LogP contribution in [-0.4, -0.2) is 13.2 Å². The van der Waals surface area contributed by atoms with Crippen molar-refractivity contribution in [1.82, 2.24) is 0 Å². The Kier molecular flexibility index (Phi) is 6.36. The minimum atomic E-state index is -4.58. The molecule has 0 aliphatic carbocycles. The highest BCUT2D eigenvalue weighted by molar-refractivity contribution is 5.85. The number of halogens is 3.